The fraction of sp³-hybridized carbons (Fsp3) is 0.200. The van der Waals surface area contributed by atoms with Crippen LogP contribution >= 0.6 is 15.9 Å². The molecule has 2 aromatic rings. The Labute approximate surface area is 119 Å². The molecule has 0 bridgehead atoms. The van der Waals surface area contributed by atoms with Gasteiger partial charge in [0, 0.05) is 5.54 Å². The lowest BCUT2D eigenvalue weighted by molar-refractivity contribution is 0.485. The third-order valence-electron chi connectivity index (χ3n) is 3.04. The molecular weight excluding hydrogens is 312 g/mol. The van der Waals surface area contributed by atoms with Crippen LogP contribution in [0.1, 0.15) is 18.1 Å². The van der Waals surface area contributed by atoms with Gasteiger partial charge in [0.05, 0.1) is 4.47 Å². The Morgan fingerprint density at radius 2 is 1.89 bits per heavy atom. The van der Waals surface area contributed by atoms with Gasteiger partial charge in [0.15, 0.2) is 0 Å². The summed E-state index contributed by atoms with van der Waals surface area (Å²) in [6.45, 7) is 1.83. The molecule has 0 fully saturated rings. The minimum atomic E-state index is -0.709. The Balaban J connectivity index is 2.27. The first kappa shape index (κ1) is 14.2. The molecule has 0 amide bonds. The minimum Gasteiger partial charge on any atom is -0.321 e. The molecule has 0 spiro atoms. The van der Waals surface area contributed by atoms with Gasteiger partial charge in [0.1, 0.15) is 11.6 Å². The Hall–Kier alpha value is -1.26. The van der Waals surface area contributed by atoms with Crippen molar-refractivity contribution in [2.75, 3.05) is 0 Å². The molecule has 0 saturated carbocycles. The Morgan fingerprint density at radius 1 is 1.16 bits per heavy atom. The van der Waals surface area contributed by atoms with E-state index >= 15 is 0 Å². The van der Waals surface area contributed by atoms with Crippen LogP contribution in [-0.4, -0.2) is 0 Å². The van der Waals surface area contributed by atoms with Crippen molar-refractivity contribution in [3.05, 3.63) is 69.7 Å². The molecule has 0 aliphatic rings. The first-order chi connectivity index (χ1) is 8.88. The molecule has 1 atom stereocenters. The zero-order valence-corrected chi connectivity index (χ0v) is 12.0. The third-order valence-corrected chi connectivity index (χ3v) is 3.65. The van der Waals surface area contributed by atoms with Crippen molar-refractivity contribution in [2.45, 2.75) is 18.9 Å². The van der Waals surface area contributed by atoms with E-state index in [0.29, 0.717) is 16.5 Å². The lowest BCUT2D eigenvalue weighted by Crippen LogP contribution is -2.35. The van der Waals surface area contributed by atoms with Crippen LogP contribution in [0.5, 0.6) is 0 Å². The standard InChI is InChI=1S/C15H14BrF2N/c1-15(19,11-3-2-4-12(17)8-11)9-10-5-6-14(18)13(16)7-10/h2-8H,9,19H2,1H3. The molecular formula is C15H14BrF2N. The van der Waals surface area contributed by atoms with Gasteiger partial charge in [-0.3, -0.25) is 0 Å². The van der Waals surface area contributed by atoms with Crippen molar-refractivity contribution >= 4 is 15.9 Å². The molecule has 100 valence electrons. The molecule has 0 aromatic heterocycles. The number of hydrogen-bond donors (Lipinski definition) is 1. The normalized spacial score (nSPS) is 14.2. The predicted molar refractivity (Wildman–Crippen MR) is 75.7 cm³/mol. The topological polar surface area (TPSA) is 26.0 Å². The highest BCUT2D eigenvalue weighted by Gasteiger charge is 2.22. The van der Waals surface area contributed by atoms with E-state index in [1.54, 1.807) is 24.3 Å². The van der Waals surface area contributed by atoms with Crippen LogP contribution in [0.15, 0.2) is 46.9 Å². The van der Waals surface area contributed by atoms with Crippen LogP contribution in [-0.2, 0) is 12.0 Å². The van der Waals surface area contributed by atoms with Gasteiger partial charge in [-0.1, -0.05) is 18.2 Å². The first-order valence-corrected chi connectivity index (χ1v) is 6.67. The Kier molecular flexibility index (Phi) is 4.02. The lowest BCUT2D eigenvalue weighted by Gasteiger charge is -2.25. The molecule has 19 heavy (non-hydrogen) atoms. The zero-order chi connectivity index (χ0) is 14.0. The Bertz CT molecular complexity index is 596. The molecule has 2 N–H and O–H groups in total. The third kappa shape index (κ3) is 3.39. The number of hydrogen-bond acceptors (Lipinski definition) is 1. The van der Waals surface area contributed by atoms with Crippen molar-refractivity contribution in [2.24, 2.45) is 5.73 Å². The summed E-state index contributed by atoms with van der Waals surface area (Å²) in [5, 5.41) is 0. The zero-order valence-electron chi connectivity index (χ0n) is 10.5. The van der Waals surface area contributed by atoms with E-state index in [1.807, 2.05) is 6.92 Å². The SMILES string of the molecule is CC(N)(Cc1ccc(F)c(Br)c1)c1cccc(F)c1. The van der Waals surface area contributed by atoms with Gasteiger partial charge in [-0.2, -0.15) is 0 Å². The van der Waals surface area contributed by atoms with Crippen LogP contribution in [0.3, 0.4) is 0 Å². The molecule has 2 aromatic carbocycles. The van der Waals surface area contributed by atoms with Crippen LogP contribution in [0, 0.1) is 11.6 Å². The van der Waals surface area contributed by atoms with Gasteiger partial charge in [-0.15, -0.1) is 0 Å². The van der Waals surface area contributed by atoms with Crippen molar-refractivity contribution in [3.63, 3.8) is 0 Å². The quantitative estimate of drug-likeness (QED) is 0.901. The lowest BCUT2D eigenvalue weighted by atomic mass is 9.86. The summed E-state index contributed by atoms with van der Waals surface area (Å²) in [6, 6.07) is 11.0. The van der Waals surface area contributed by atoms with Crippen molar-refractivity contribution < 1.29 is 8.78 Å². The predicted octanol–water partition coefficient (Wildman–Crippen LogP) is 4.14. The fourth-order valence-corrected chi connectivity index (χ4v) is 2.45. The monoisotopic (exact) mass is 325 g/mol. The molecule has 0 saturated heterocycles. The van der Waals surface area contributed by atoms with Gasteiger partial charge in [0.2, 0.25) is 0 Å². The summed E-state index contributed by atoms with van der Waals surface area (Å²) < 4.78 is 26.8. The Morgan fingerprint density at radius 3 is 2.53 bits per heavy atom. The molecule has 0 aliphatic heterocycles. The van der Waals surface area contributed by atoms with Gasteiger partial charge in [-0.05, 0) is 64.7 Å². The van der Waals surface area contributed by atoms with E-state index < -0.39 is 5.54 Å². The number of nitrogens with two attached hydrogens (primary N) is 1. The highest BCUT2D eigenvalue weighted by atomic mass is 79.9. The van der Waals surface area contributed by atoms with Gasteiger partial charge >= 0.3 is 0 Å². The molecule has 4 heteroatoms. The molecule has 2 rings (SSSR count). The molecule has 1 nitrogen and oxygen atoms in total. The highest BCUT2D eigenvalue weighted by Crippen LogP contribution is 2.25. The molecule has 0 radical (unpaired) electrons. The van der Waals surface area contributed by atoms with E-state index in [2.05, 4.69) is 15.9 Å². The summed E-state index contributed by atoms with van der Waals surface area (Å²) in [5.74, 6) is -0.623. The maximum absolute atomic E-state index is 13.2. The number of rotatable bonds is 3. The summed E-state index contributed by atoms with van der Waals surface area (Å²) in [4.78, 5) is 0. The van der Waals surface area contributed by atoms with E-state index in [0.717, 1.165) is 5.56 Å². The van der Waals surface area contributed by atoms with Crippen molar-refractivity contribution in [3.8, 4) is 0 Å². The van der Waals surface area contributed by atoms with E-state index in [4.69, 9.17) is 5.73 Å². The van der Waals surface area contributed by atoms with Gasteiger partial charge in [0.25, 0.3) is 0 Å². The molecule has 1 unspecified atom stereocenters. The van der Waals surface area contributed by atoms with Crippen molar-refractivity contribution in [1.82, 2.24) is 0 Å². The van der Waals surface area contributed by atoms with Crippen molar-refractivity contribution in [1.29, 1.82) is 0 Å². The highest BCUT2D eigenvalue weighted by molar-refractivity contribution is 9.10. The van der Waals surface area contributed by atoms with Crippen LogP contribution in [0.4, 0.5) is 8.78 Å². The summed E-state index contributed by atoms with van der Waals surface area (Å²) in [6.07, 6.45) is 0.495. The van der Waals surface area contributed by atoms with Crippen LogP contribution in [0.25, 0.3) is 0 Å². The van der Waals surface area contributed by atoms with E-state index in [-0.39, 0.29) is 11.6 Å². The maximum atomic E-state index is 13.2. The largest absolute Gasteiger partial charge is 0.321 e. The fourth-order valence-electron chi connectivity index (χ4n) is 2.02. The number of halogens is 3. The van der Waals surface area contributed by atoms with Gasteiger partial charge in [-0.25, -0.2) is 8.78 Å². The van der Waals surface area contributed by atoms with Gasteiger partial charge < -0.3 is 5.73 Å². The van der Waals surface area contributed by atoms with E-state index in [1.165, 1.54) is 18.2 Å². The van der Waals surface area contributed by atoms with E-state index in [9.17, 15) is 8.78 Å². The smallest absolute Gasteiger partial charge is 0.137 e. The summed E-state index contributed by atoms with van der Waals surface area (Å²) >= 11 is 3.15. The minimum absolute atomic E-state index is 0.311. The molecule has 0 heterocycles. The second-order valence-electron chi connectivity index (χ2n) is 4.85. The second kappa shape index (κ2) is 5.39. The summed E-state index contributed by atoms with van der Waals surface area (Å²) in [7, 11) is 0. The maximum Gasteiger partial charge on any atom is 0.137 e. The average Bonchev–Trinajstić information content (AvgIpc) is 2.33. The number of benzene rings is 2. The second-order valence-corrected chi connectivity index (χ2v) is 5.71. The average molecular weight is 326 g/mol. The summed E-state index contributed by atoms with van der Waals surface area (Å²) in [5.41, 5.74) is 7.15. The first-order valence-electron chi connectivity index (χ1n) is 5.87. The van der Waals surface area contributed by atoms with Crippen LogP contribution in [0.2, 0.25) is 0 Å². The van der Waals surface area contributed by atoms with Crippen LogP contribution < -0.4 is 5.73 Å². The molecule has 0 aliphatic carbocycles.